The van der Waals surface area contributed by atoms with Crippen LogP contribution in [0.15, 0.2) is 17.5 Å². The van der Waals surface area contributed by atoms with Crippen LogP contribution in [0.2, 0.25) is 0 Å². The van der Waals surface area contributed by atoms with E-state index in [-0.39, 0.29) is 12.4 Å². The van der Waals surface area contributed by atoms with Crippen molar-refractivity contribution in [3.8, 4) is 5.75 Å². The second-order valence-electron chi connectivity index (χ2n) is 2.87. The lowest BCUT2D eigenvalue weighted by molar-refractivity contribution is 0.283. The minimum atomic E-state index is -0.310. The van der Waals surface area contributed by atoms with Crippen molar-refractivity contribution in [2.75, 3.05) is 7.11 Å². The summed E-state index contributed by atoms with van der Waals surface area (Å²) in [5.41, 5.74) is 0.731. The SMILES string of the molecule is COc1csc2c(CO)ccc(F)c12. The summed E-state index contributed by atoms with van der Waals surface area (Å²) in [5.74, 6) is 0.216. The van der Waals surface area contributed by atoms with Crippen molar-refractivity contribution in [3.63, 3.8) is 0 Å². The molecule has 0 atom stereocenters. The van der Waals surface area contributed by atoms with Gasteiger partial charge in [0.25, 0.3) is 0 Å². The monoisotopic (exact) mass is 212 g/mol. The molecule has 0 aliphatic heterocycles. The maximum atomic E-state index is 13.4. The molecule has 0 radical (unpaired) electrons. The van der Waals surface area contributed by atoms with Crippen LogP contribution >= 0.6 is 11.3 Å². The normalized spacial score (nSPS) is 10.8. The number of hydrogen-bond acceptors (Lipinski definition) is 3. The number of rotatable bonds is 2. The Kier molecular flexibility index (Phi) is 2.39. The molecule has 1 heterocycles. The summed E-state index contributed by atoms with van der Waals surface area (Å²) in [7, 11) is 1.51. The van der Waals surface area contributed by atoms with Crippen LogP contribution in [0.3, 0.4) is 0 Å². The number of halogens is 1. The Labute approximate surface area is 84.6 Å². The summed E-state index contributed by atoms with van der Waals surface area (Å²) in [6, 6.07) is 2.94. The zero-order chi connectivity index (χ0) is 10.1. The van der Waals surface area contributed by atoms with Crippen LogP contribution in [0.5, 0.6) is 5.75 Å². The first-order chi connectivity index (χ1) is 6.77. The van der Waals surface area contributed by atoms with Gasteiger partial charge in [-0.2, -0.15) is 0 Å². The summed E-state index contributed by atoms with van der Waals surface area (Å²) in [4.78, 5) is 0. The Morgan fingerprint density at radius 2 is 2.29 bits per heavy atom. The predicted molar refractivity (Wildman–Crippen MR) is 54.3 cm³/mol. The number of ether oxygens (including phenoxy) is 1. The van der Waals surface area contributed by atoms with E-state index in [4.69, 9.17) is 9.84 Å². The Hall–Kier alpha value is -1.13. The van der Waals surface area contributed by atoms with E-state index >= 15 is 0 Å². The van der Waals surface area contributed by atoms with Crippen molar-refractivity contribution in [1.82, 2.24) is 0 Å². The first kappa shape index (κ1) is 9.43. The molecule has 0 aliphatic carbocycles. The minimum Gasteiger partial charge on any atom is -0.495 e. The van der Waals surface area contributed by atoms with Gasteiger partial charge in [-0.05, 0) is 11.6 Å². The molecule has 1 aromatic heterocycles. The van der Waals surface area contributed by atoms with Gasteiger partial charge in [0.1, 0.15) is 11.6 Å². The Morgan fingerprint density at radius 1 is 1.50 bits per heavy atom. The predicted octanol–water partition coefficient (Wildman–Crippen LogP) is 2.54. The second kappa shape index (κ2) is 3.55. The highest BCUT2D eigenvalue weighted by atomic mass is 32.1. The van der Waals surface area contributed by atoms with E-state index in [1.54, 1.807) is 11.4 Å². The Morgan fingerprint density at radius 3 is 2.93 bits per heavy atom. The van der Waals surface area contributed by atoms with Crippen LogP contribution in [0.25, 0.3) is 10.1 Å². The molecule has 0 spiro atoms. The minimum absolute atomic E-state index is 0.0829. The quantitative estimate of drug-likeness (QED) is 0.829. The number of aliphatic hydroxyl groups is 1. The lowest BCUT2D eigenvalue weighted by Crippen LogP contribution is -1.87. The molecule has 0 amide bonds. The molecule has 0 bridgehead atoms. The fourth-order valence-corrected chi connectivity index (χ4v) is 2.45. The molecule has 2 rings (SSSR count). The fraction of sp³-hybridized carbons (Fsp3) is 0.200. The standard InChI is InChI=1S/C10H9FO2S/c1-13-8-5-14-10-6(4-12)2-3-7(11)9(8)10/h2-3,5,12H,4H2,1H3. The molecule has 1 N–H and O–H groups in total. The molecule has 0 fully saturated rings. The van der Waals surface area contributed by atoms with Gasteiger partial charge < -0.3 is 9.84 Å². The highest BCUT2D eigenvalue weighted by Crippen LogP contribution is 2.36. The van der Waals surface area contributed by atoms with E-state index in [9.17, 15) is 4.39 Å². The van der Waals surface area contributed by atoms with Crippen molar-refractivity contribution in [2.24, 2.45) is 0 Å². The Balaban J connectivity index is 2.80. The molecule has 74 valence electrons. The van der Waals surface area contributed by atoms with Gasteiger partial charge in [-0.3, -0.25) is 0 Å². The molecule has 0 unspecified atom stereocenters. The number of hydrogen-bond donors (Lipinski definition) is 1. The fourth-order valence-electron chi connectivity index (χ4n) is 1.41. The highest BCUT2D eigenvalue weighted by molar-refractivity contribution is 7.17. The van der Waals surface area contributed by atoms with Crippen LogP contribution in [0, 0.1) is 5.82 Å². The van der Waals surface area contributed by atoms with Gasteiger partial charge in [0.2, 0.25) is 0 Å². The molecular weight excluding hydrogens is 203 g/mol. The van der Waals surface area contributed by atoms with E-state index in [1.807, 2.05) is 0 Å². The molecule has 4 heteroatoms. The van der Waals surface area contributed by atoms with E-state index < -0.39 is 0 Å². The van der Waals surface area contributed by atoms with E-state index in [0.29, 0.717) is 11.1 Å². The number of thiophene rings is 1. The van der Waals surface area contributed by atoms with E-state index in [1.165, 1.54) is 24.5 Å². The third-order valence-corrected chi connectivity index (χ3v) is 3.14. The van der Waals surface area contributed by atoms with Crippen molar-refractivity contribution >= 4 is 21.4 Å². The third-order valence-electron chi connectivity index (χ3n) is 2.11. The van der Waals surface area contributed by atoms with Gasteiger partial charge in [-0.1, -0.05) is 6.07 Å². The molecule has 0 saturated carbocycles. The zero-order valence-corrected chi connectivity index (χ0v) is 8.40. The van der Waals surface area contributed by atoms with E-state index in [2.05, 4.69) is 0 Å². The van der Waals surface area contributed by atoms with Crippen molar-refractivity contribution < 1.29 is 14.2 Å². The van der Waals surface area contributed by atoms with Gasteiger partial charge in [-0.15, -0.1) is 11.3 Å². The van der Waals surface area contributed by atoms with Gasteiger partial charge in [0, 0.05) is 10.1 Å². The number of aliphatic hydroxyl groups excluding tert-OH is 1. The maximum Gasteiger partial charge on any atom is 0.140 e. The third kappa shape index (κ3) is 1.27. The average molecular weight is 212 g/mol. The molecule has 2 nitrogen and oxygen atoms in total. The van der Waals surface area contributed by atoms with Crippen molar-refractivity contribution in [3.05, 3.63) is 28.9 Å². The lowest BCUT2D eigenvalue weighted by Gasteiger charge is -2.01. The summed E-state index contributed by atoms with van der Waals surface area (Å²) in [5, 5.41) is 11.3. The Bertz CT molecular complexity index is 464. The first-order valence-electron chi connectivity index (χ1n) is 4.11. The summed E-state index contributed by atoms with van der Waals surface area (Å²) >= 11 is 1.38. The molecule has 0 aliphatic rings. The number of benzene rings is 1. The lowest BCUT2D eigenvalue weighted by atomic mass is 10.1. The zero-order valence-electron chi connectivity index (χ0n) is 7.58. The largest absolute Gasteiger partial charge is 0.495 e. The van der Waals surface area contributed by atoms with Gasteiger partial charge in [-0.25, -0.2) is 4.39 Å². The summed E-state index contributed by atoms with van der Waals surface area (Å²) in [6.07, 6.45) is 0. The van der Waals surface area contributed by atoms with Crippen molar-refractivity contribution in [1.29, 1.82) is 0 Å². The van der Waals surface area contributed by atoms with Gasteiger partial charge in [0.05, 0.1) is 19.1 Å². The topological polar surface area (TPSA) is 29.5 Å². The number of methoxy groups -OCH3 is 1. The van der Waals surface area contributed by atoms with Crippen LogP contribution in [-0.2, 0) is 6.61 Å². The van der Waals surface area contributed by atoms with Crippen LogP contribution in [-0.4, -0.2) is 12.2 Å². The molecule has 1 aromatic carbocycles. The first-order valence-corrected chi connectivity index (χ1v) is 4.99. The van der Waals surface area contributed by atoms with Gasteiger partial charge >= 0.3 is 0 Å². The van der Waals surface area contributed by atoms with Crippen LogP contribution < -0.4 is 4.74 Å². The maximum absolute atomic E-state index is 13.4. The van der Waals surface area contributed by atoms with Crippen LogP contribution in [0.4, 0.5) is 4.39 Å². The van der Waals surface area contributed by atoms with Crippen LogP contribution in [0.1, 0.15) is 5.56 Å². The second-order valence-corrected chi connectivity index (χ2v) is 3.75. The number of fused-ring (bicyclic) bond motifs is 1. The molecular formula is C10H9FO2S. The molecule has 14 heavy (non-hydrogen) atoms. The summed E-state index contributed by atoms with van der Waals surface area (Å²) < 4.78 is 19.2. The van der Waals surface area contributed by atoms with E-state index in [0.717, 1.165) is 10.3 Å². The van der Waals surface area contributed by atoms with Gasteiger partial charge in [0.15, 0.2) is 0 Å². The highest BCUT2D eigenvalue weighted by Gasteiger charge is 2.12. The smallest absolute Gasteiger partial charge is 0.140 e. The molecule has 0 saturated heterocycles. The van der Waals surface area contributed by atoms with Crippen molar-refractivity contribution in [2.45, 2.75) is 6.61 Å². The summed E-state index contributed by atoms with van der Waals surface area (Å²) in [6.45, 7) is -0.0829. The average Bonchev–Trinajstić information content (AvgIpc) is 2.63. The molecule has 2 aromatic rings.